The summed E-state index contributed by atoms with van der Waals surface area (Å²) in [7, 11) is 5.05. The number of anilines is 1. The molecule has 1 saturated heterocycles. The molecule has 2 aromatic carbocycles. The van der Waals surface area contributed by atoms with Gasteiger partial charge in [0.25, 0.3) is 0 Å². The van der Waals surface area contributed by atoms with E-state index >= 15 is 0 Å². The SMILES string of the molecule is CN=C(NCC(c1ccc(C)cc1)N1CCCC1)Nc1ccc(OC)c(OC)c1.I. The minimum Gasteiger partial charge on any atom is -0.493 e. The summed E-state index contributed by atoms with van der Waals surface area (Å²) in [4.78, 5) is 6.95. The molecule has 1 heterocycles. The molecule has 1 atom stereocenters. The van der Waals surface area contributed by atoms with Crippen LogP contribution in [0.2, 0.25) is 0 Å². The highest BCUT2D eigenvalue weighted by Crippen LogP contribution is 2.30. The lowest BCUT2D eigenvalue weighted by Crippen LogP contribution is -2.39. The van der Waals surface area contributed by atoms with Crippen LogP contribution < -0.4 is 20.1 Å². The van der Waals surface area contributed by atoms with Crippen molar-refractivity contribution in [1.82, 2.24) is 10.2 Å². The Morgan fingerprint density at radius 2 is 1.70 bits per heavy atom. The molecule has 0 aliphatic carbocycles. The molecule has 1 unspecified atom stereocenters. The van der Waals surface area contributed by atoms with E-state index in [0.29, 0.717) is 17.5 Å². The van der Waals surface area contributed by atoms with Crippen molar-refractivity contribution in [2.75, 3.05) is 46.2 Å². The van der Waals surface area contributed by atoms with Gasteiger partial charge in [-0.25, -0.2) is 0 Å². The molecule has 2 aromatic rings. The van der Waals surface area contributed by atoms with Crippen LogP contribution >= 0.6 is 24.0 Å². The molecular formula is C23H33IN4O2. The lowest BCUT2D eigenvalue weighted by molar-refractivity contribution is 0.246. The van der Waals surface area contributed by atoms with E-state index in [1.54, 1.807) is 21.3 Å². The highest BCUT2D eigenvalue weighted by molar-refractivity contribution is 14.0. The van der Waals surface area contributed by atoms with Gasteiger partial charge < -0.3 is 20.1 Å². The van der Waals surface area contributed by atoms with Crippen LogP contribution in [-0.4, -0.2) is 51.8 Å². The van der Waals surface area contributed by atoms with E-state index in [9.17, 15) is 0 Å². The van der Waals surface area contributed by atoms with Crippen LogP contribution in [0, 0.1) is 6.92 Å². The molecule has 1 aliphatic heterocycles. The zero-order valence-corrected chi connectivity index (χ0v) is 20.6. The topological polar surface area (TPSA) is 58.1 Å². The Morgan fingerprint density at radius 3 is 2.30 bits per heavy atom. The number of aliphatic imine (C=N–C) groups is 1. The number of methoxy groups -OCH3 is 2. The molecular weight excluding hydrogens is 491 g/mol. The van der Waals surface area contributed by atoms with Crippen molar-refractivity contribution in [3.05, 3.63) is 53.6 Å². The van der Waals surface area contributed by atoms with Crippen molar-refractivity contribution in [2.45, 2.75) is 25.8 Å². The van der Waals surface area contributed by atoms with Crippen LogP contribution in [0.5, 0.6) is 11.5 Å². The van der Waals surface area contributed by atoms with E-state index in [0.717, 1.165) is 31.3 Å². The number of benzene rings is 2. The van der Waals surface area contributed by atoms with E-state index in [1.807, 2.05) is 18.2 Å². The quantitative estimate of drug-likeness (QED) is 0.319. The average Bonchev–Trinajstić information content (AvgIpc) is 3.28. The number of guanidine groups is 1. The lowest BCUT2D eigenvalue weighted by atomic mass is 10.0. The first-order valence-corrected chi connectivity index (χ1v) is 10.1. The first kappa shape index (κ1) is 24.3. The van der Waals surface area contributed by atoms with E-state index in [4.69, 9.17) is 9.47 Å². The van der Waals surface area contributed by atoms with Crippen LogP contribution in [0.25, 0.3) is 0 Å². The summed E-state index contributed by atoms with van der Waals surface area (Å²) in [5.41, 5.74) is 3.52. The van der Waals surface area contributed by atoms with Crippen LogP contribution in [0.1, 0.15) is 30.0 Å². The Kier molecular flexibility index (Phi) is 9.71. The van der Waals surface area contributed by atoms with Crippen molar-refractivity contribution in [3.63, 3.8) is 0 Å². The number of hydrogen-bond acceptors (Lipinski definition) is 4. The number of nitrogens with zero attached hydrogens (tertiary/aromatic N) is 2. The normalized spacial score (nSPS) is 15.3. The van der Waals surface area contributed by atoms with Gasteiger partial charge in [-0.15, -0.1) is 24.0 Å². The zero-order valence-electron chi connectivity index (χ0n) is 18.3. The van der Waals surface area contributed by atoms with Gasteiger partial charge in [0.15, 0.2) is 17.5 Å². The van der Waals surface area contributed by atoms with Gasteiger partial charge in [-0.2, -0.15) is 0 Å². The van der Waals surface area contributed by atoms with Crippen molar-refractivity contribution in [3.8, 4) is 11.5 Å². The van der Waals surface area contributed by atoms with Gasteiger partial charge >= 0.3 is 0 Å². The Bertz CT molecular complexity index is 820. The third-order valence-corrected chi connectivity index (χ3v) is 5.38. The maximum Gasteiger partial charge on any atom is 0.195 e. The fourth-order valence-corrected chi connectivity index (χ4v) is 3.72. The molecule has 1 aliphatic rings. The number of likely N-dealkylation sites (tertiary alicyclic amines) is 1. The second-order valence-electron chi connectivity index (χ2n) is 7.32. The number of nitrogens with one attached hydrogen (secondary N) is 2. The molecule has 0 radical (unpaired) electrons. The Morgan fingerprint density at radius 1 is 1.03 bits per heavy atom. The van der Waals surface area contributed by atoms with Gasteiger partial charge in [0.05, 0.1) is 20.3 Å². The monoisotopic (exact) mass is 524 g/mol. The van der Waals surface area contributed by atoms with Gasteiger partial charge in [-0.3, -0.25) is 9.89 Å². The summed E-state index contributed by atoms with van der Waals surface area (Å²) in [5.74, 6) is 2.12. The van der Waals surface area contributed by atoms with Crippen molar-refractivity contribution >= 4 is 35.6 Å². The standard InChI is InChI=1S/C23H32N4O2.HI/c1-17-7-9-18(10-8-17)20(27-13-5-6-14-27)16-25-23(24-2)26-19-11-12-21(28-3)22(15-19)29-4;/h7-12,15,20H,5-6,13-14,16H2,1-4H3,(H2,24,25,26);1H. The minimum atomic E-state index is 0. The molecule has 0 saturated carbocycles. The largest absolute Gasteiger partial charge is 0.493 e. The van der Waals surface area contributed by atoms with Crippen LogP contribution in [-0.2, 0) is 0 Å². The van der Waals surface area contributed by atoms with Gasteiger partial charge in [-0.05, 0) is 50.6 Å². The molecule has 2 N–H and O–H groups in total. The van der Waals surface area contributed by atoms with Gasteiger partial charge in [0.2, 0.25) is 0 Å². The second kappa shape index (κ2) is 12.0. The van der Waals surface area contributed by atoms with Gasteiger partial charge in [0.1, 0.15) is 0 Å². The summed E-state index contributed by atoms with van der Waals surface area (Å²) < 4.78 is 10.7. The van der Waals surface area contributed by atoms with E-state index in [2.05, 4.69) is 51.7 Å². The van der Waals surface area contributed by atoms with Crippen molar-refractivity contribution in [1.29, 1.82) is 0 Å². The van der Waals surface area contributed by atoms with Crippen LogP contribution in [0.3, 0.4) is 0 Å². The molecule has 0 aromatic heterocycles. The Labute approximate surface area is 197 Å². The predicted molar refractivity (Wildman–Crippen MR) is 135 cm³/mol. The molecule has 0 spiro atoms. The summed E-state index contributed by atoms with van der Waals surface area (Å²) in [6, 6.07) is 14.9. The highest BCUT2D eigenvalue weighted by Gasteiger charge is 2.23. The Hall–Kier alpha value is -2.00. The first-order chi connectivity index (χ1) is 14.1. The minimum absolute atomic E-state index is 0. The summed E-state index contributed by atoms with van der Waals surface area (Å²) in [5, 5.41) is 6.85. The van der Waals surface area contributed by atoms with E-state index in [-0.39, 0.29) is 24.0 Å². The summed E-state index contributed by atoms with van der Waals surface area (Å²) in [6.45, 7) is 5.20. The number of rotatable bonds is 7. The highest BCUT2D eigenvalue weighted by atomic mass is 127. The fourth-order valence-electron chi connectivity index (χ4n) is 3.72. The van der Waals surface area contributed by atoms with Crippen molar-refractivity contribution < 1.29 is 9.47 Å². The molecule has 30 heavy (non-hydrogen) atoms. The van der Waals surface area contributed by atoms with Crippen LogP contribution in [0.4, 0.5) is 5.69 Å². The van der Waals surface area contributed by atoms with E-state index < -0.39 is 0 Å². The zero-order chi connectivity index (χ0) is 20.6. The maximum absolute atomic E-state index is 5.39. The molecule has 0 bridgehead atoms. The lowest BCUT2D eigenvalue weighted by Gasteiger charge is -2.29. The third-order valence-electron chi connectivity index (χ3n) is 5.38. The molecule has 6 nitrogen and oxygen atoms in total. The fraction of sp³-hybridized carbons (Fsp3) is 0.435. The maximum atomic E-state index is 5.39. The summed E-state index contributed by atoms with van der Waals surface area (Å²) in [6.07, 6.45) is 2.53. The molecule has 3 rings (SSSR count). The first-order valence-electron chi connectivity index (χ1n) is 10.1. The molecule has 0 amide bonds. The number of hydrogen-bond donors (Lipinski definition) is 2. The van der Waals surface area contributed by atoms with Crippen LogP contribution in [0.15, 0.2) is 47.5 Å². The van der Waals surface area contributed by atoms with Gasteiger partial charge in [-0.1, -0.05) is 29.8 Å². The smallest absolute Gasteiger partial charge is 0.195 e. The third kappa shape index (κ3) is 6.25. The molecule has 164 valence electrons. The average molecular weight is 524 g/mol. The summed E-state index contributed by atoms with van der Waals surface area (Å²) >= 11 is 0. The number of aryl methyl sites for hydroxylation is 1. The Balaban J connectivity index is 0.00000320. The number of halogens is 1. The second-order valence-corrected chi connectivity index (χ2v) is 7.32. The predicted octanol–water partition coefficient (Wildman–Crippen LogP) is 4.45. The van der Waals surface area contributed by atoms with Crippen molar-refractivity contribution in [2.24, 2.45) is 4.99 Å². The van der Waals surface area contributed by atoms with Gasteiger partial charge in [0, 0.05) is 25.3 Å². The molecule has 7 heteroatoms. The number of ether oxygens (including phenoxy) is 2. The molecule has 1 fully saturated rings. The van der Waals surface area contributed by atoms with E-state index in [1.165, 1.54) is 24.0 Å².